The van der Waals surface area contributed by atoms with Crippen LogP contribution in [0.3, 0.4) is 0 Å². The summed E-state index contributed by atoms with van der Waals surface area (Å²) in [5.74, 6) is -1.54. The molecule has 0 radical (unpaired) electrons. The lowest BCUT2D eigenvalue weighted by Gasteiger charge is -2.07. The van der Waals surface area contributed by atoms with E-state index >= 15 is 0 Å². The zero-order valence-electron chi connectivity index (χ0n) is 15.7. The van der Waals surface area contributed by atoms with Gasteiger partial charge in [-0.2, -0.15) is 0 Å². The van der Waals surface area contributed by atoms with E-state index in [0.29, 0.717) is 31.6 Å². The summed E-state index contributed by atoms with van der Waals surface area (Å²) in [5, 5.41) is 12.8. The van der Waals surface area contributed by atoms with Crippen LogP contribution in [-0.2, 0) is 17.8 Å². The van der Waals surface area contributed by atoms with Crippen LogP contribution in [0.4, 0.5) is 8.78 Å². The Morgan fingerprint density at radius 2 is 2.00 bits per heavy atom. The number of aromatic nitrogens is 4. The minimum absolute atomic E-state index is 0.0575. The smallest absolute Gasteiger partial charge is 0.300 e. The van der Waals surface area contributed by atoms with Gasteiger partial charge in [-0.1, -0.05) is 6.07 Å². The Morgan fingerprint density at radius 1 is 1.13 bits per heavy atom. The molecule has 0 aliphatic heterocycles. The van der Waals surface area contributed by atoms with Crippen molar-refractivity contribution in [1.82, 2.24) is 24.5 Å². The van der Waals surface area contributed by atoms with E-state index in [1.165, 1.54) is 16.8 Å². The highest BCUT2D eigenvalue weighted by molar-refractivity contribution is 7.09. The van der Waals surface area contributed by atoms with Crippen molar-refractivity contribution < 1.29 is 13.6 Å². The maximum Gasteiger partial charge on any atom is 0.300 e. The second kappa shape index (κ2) is 8.54. The molecule has 0 aliphatic carbocycles. The first-order valence-corrected chi connectivity index (χ1v) is 10.1. The van der Waals surface area contributed by atoms with E-state index in [4.69, 9.17) is 0 Å². The largest absolute Gasteiger partial charge is 0.351 e. The lowest BCUT2D eigenvalue weighted by molar-refractivity contribution is -0.121. The summed E-state index contributed by atoms with van der Waals surface area (Å²) in [7, 11) is 0. The van der Waals surface area contributed by atoms with Crippen LogP contribution >= 0.6 is 11.3 Å². The first kappa shape index (κ1) is 19.9. The average molecular weight is 429 g/mol. The molecule has 0 saturated heterocycles. The van der Waals surface area contributed by atoms with Crippen LogP contribution in [0.25, 0.3) is 11.3 Å². The number of thiophene rings is 1. The molecule has 7 nitrogen and oxygen atoms in total. The maximum atomic E-state index is 13.5. The SMILES string of the molecule is O=C(CCCc1nnc2c(=O)n(-c3ccc(F)c(F)c3)ccn12)NCc1cccs1. The van der Waals surface area contributed by atoms with Gasteiger partial charge >= 0.3 is 5.56 Å². The van der Waals surface area contributed by atoms with Crippen LogP contribution < -0.4 is 10.9 Å². The third-order valence-electron chi connectivity index (χ3n) is 4.57. The van der Waals surface area contributed by atoms with Crippen LogP contribution in [0, 0.1) is 11.6 Å². The Kier molecular flexibility index (Phi) is 5.66. The summed E-state index contributed by atoms with van der Waals surface area (Å²) in [6.07, 6.45) is 4.37. The van der Waals surface area contributed by atoms with E-state index in [0.717, 1.165) is 17.0 Å². The Balaban J connectivity index is 1.43. The van der Waals surface area contributed by atoms with Crippen molar-refractivity contribution in [1.29, 1.82) is 0 Å². The van der Waals surface area contributed by atoms with E-state index in [1.54, 1.807) is 21.9 Å². The molecule has 4 rings (SSSR count). The van der Waals surface area contributed by atoms with Crippen molar-refractivity contribution in [2.45, 2.75) is 25.8 Å². The molecule has 154 valence electrons. The number of rotatable bonds is 7. The number of fused-ring (bicyclic) bond motifs is 1. The van der Waals surface area contributed by atoms with Gasteiger partial charge in [0.1, 0.15) is 5.82 Å². The molecule has 0 unspecified atom stereocenters. The summed E-state index contributed by atoms with van der Waals surface area (Å²) >= 11 is 1.58. The van der Waals surface area contributed by atoms with Gasteiger partial charge in [0.25, 0.3) is 0 Å². The Labute approximate surface area is 173 Å². The van der Waals surface area contributed by atoms with Crippen LogP contribution in [-0.4, -0.2) is 25.1 Å². The quantitative estimate of drug-likeness (QED) is 0.490. The summed E-state index contributed by atoms with van der Waals surface area (Å²) in [5.41, 5.74) is -0.247. The summed E-state index contributed by atoms with van der Waals surface area (Å²) in [6, 6.07) is 7.10. The van der Waals surface area contributed by atoms with Crippen LogP contribution in [0.1, 0.15) is 23.5 Å². The number of amides is 1. The maximum absolute atomic E-state index is 13.5. The monoisotopic (exact) mass is 429 g/mol. The number of hydrogen-bond donors (Lipinski definition) is 1. The molecule has 1 N–H and O–H groups in total. The summed E-state index contributed by atoms with van der Waals surface area (Å²) < 4.78 is 29.4. The molecular formula is C20H17F2N5O2S. The molecule has 0 atom stereocenters. The van der Waals surface area contributed by atoms with Gasteiger partial charge in [-0.15, -0.1) is 21.5 Å². The summed E-state index contributed by atoms with van der Waals surface area (Å²) in [4.78, 5) is 25.7. The number of nitrogens with zero attached hydrogens (tertiary/aromatic N) is 4. The van der Waals surface area contributed by atoms with Crippen LogP contribution in [0.2, 0.25) is 0 Å². The average Bonchev–Trinajstić information content (AvgIpc) is 3.39. The van der Waals surface area contributed by atoms with Gasteiger partial charge in [0.05, 0.1) is 12.2 Å². The topological polar surface area (TPSA) is 81.3 Å². The van der Waals surface area contributed by atoms with E-state index in [-0.39, 0.29) is 17.2 Å². The molecule has 30 heavy (non-hydrogen) atoms. The van der Waals surface area contributed by atoms with Gasteiger partial charge in [0, 0.05) is 36.2 Å². The third-order valence-corrected chi connectivity index (χ3v) is 5.44. The second-order valence-corrected chi connectivity index (χ2v) is 7.62. The van der Waals surface area contributed by atoms with Gasteiger partial charge in [-0.25, -0.2) is 8.78 Å². The predicted octanol–water partition coefficient (Wildman–Crippen LogP) is 2.86. The molecule has 0 aliphatic rings. The fourth-order valence-electron chi connectivity index (χ4n) is 3.04. The van der Waals surface area contributed by atoms with Gasteiger partial charge < -0.3 is 5.32 Å². The van der Waals surface area contributed by atoms with Crippen molar-refractivity contribution in [3.63, 3.8) is 0 Å². The minimum atomic E-state index is -1.04. The number of carbonyl (C=O) groups excluding carboxylic acids is 1. The summed E-state index contributed by atoms with van der Waals surface area (Å²) in [6.45, 7) is 0.508. The Hall–Kier alpha value is -3.40. The number of halogens is 2. The first-order valence-electron chi connectivity index (χ1n) is 9.23. The molecule has 3 heterocycles. The van der Waals surface area contributed by atoms with Crippen LogP contribution in [0.5, 0.6) is 0 Å². The number of carbonyl (C=O) groups is 1. The minimum Gasteiger partial charge on any atom is -0.351 e. The van der Waals surface area contributed by atoms with Crippen molar-refractivity contribution >= 4 is 22.9 Å². The number of benzene rings is 1. The van der Waals surface area contributed by atoms with E-state index in [1.807, 2.05) is 17.5 Å². The molecule has 4 aromatic rings. The van der Waals surface area contributed by atoms with E-state index in [2.05, 4.69) is 15.5 Å². The normalized spacial score (nSPS) is 11.1. The fraction of sp³-hybridized carbons (Fsp3) is 0.200. The molecule has 1 amide bonds. The molecule has 0 saturated carbocycles. The standard InChI is InChI=1S/C20H17F2N5O2S/c21-15-7-6-13(11-16(15)22)26-8-9-27-17(24-25-19(27)20(26)29)4-1-5-18(28)23-12-14-3-2-10-30-14/h2-3,6-11H,1,4-5,12H2,(H,23,28). The molecule has 0 bridgehead atoms. The highest BCUT2D eigenvalue weighted by atomic mass is 32.1. The number of aryl methyl sites for hydroxylation is 1. The molecule has 10 heteroatoms. The zero-order chi connectivity index (χ0) is 21.1. The predicted molar refractivity (Wildman–Crippen MR) is 108 cm³/mol. The van der Waals surface area contributed by atoms with Gasteiger partial charge in [0.15, 0.2) is 11.6 Å². The van der Waals surface area contributed by atoms with E-state index < -0.39 is 17.2 Å². The van der Waals surface area contributed by atoms with Crippen molar-refractivity contribution in [3.8, 4) is 5.69 Å². The van der Waals surface area contributed by atoms with Crippen molar-refractivity contribution in [2.24, 2.45) is 0 Å². The van der Waals surface area contributed by atoms with E-state index in [9.17, 15) is 18.4 Å². The lowest BCUT2D eigenvalue weighted by Crippen LogP contribution is -2.22. The molecule has 0 fully saturated rings. The molecule has 0 spiro atoms. The first-order chi connectivity index (χ1) is 14.5. The number of hydrogen-bond acceptors (Lipinski definition) is 5. The Morgan fingerprint density at radius 3 is 2.77 bits per heavy atom. The van der Waals surface area contributed by atoms with Crippen LogP contribution in [0.15, 0.2) is 52.9 Å². The highest BCUT2D eigenvalue weighted by Gasteiger charge is 2.13. The third kappa shape index (κ3) is 4.13. The Bertz CT molecular complexity index is 1250. The van der Waals surface area contributed by atoms with Gasteiger partial charge in [-0.05, 0) is 30.0 Å². The molecular weight excluding hydrogens is 412 g/mol. The second-order valence-electron chi connectivity index (χ2n) is 6.59. The van der Waals surface area contributed by atoms with Crippen molar-refractivity contribution in [2.75, 3.05) is 0 Å². The lowest BCUT2D eigenvalue weighted by atomic mass is 10.2. The zero-order valence-corrected chi connectivity index (χ0v) is 16.5. The van der Waals surface area contributed by atoms with Gasteiger partial charge in [-0.3, -0.25) is 18.6 Å². The van der Waals surface area contributed by atoms with Gasteiger partial charge in [0.2, 0.25) is 11.6 Å². The molecule has 3 aromatic heterocycles. The van der Waals surface area contributed by atoms with Crippen molar-refractivity contribution in [3.05, 3.63) is 80.8 Å². The highest BCUT2D eigenvalue weighted by Crippen LogP contribution is 2.13. The molecule has 1 aromatic carbocycles. The fourth-order valence-corrected chi connectivity index (χ4v) is 3.68. The number of nitrogens with one attached hydrogen (secondary N) is 1.